The van der Waals surface area contributed by atoms with Crippen LogP contribution in [0.3, 0.4) is 0 Å². The Hall–Kier alpha value is -6.05. The molecule has 3 aliphatic rings. The van der Waals surface area contributed by atoms with E-state index in [2.05, 4.69) is 25.4 Å². The number of benzene rings is 2. The first kappa shape index (κ1) is 35.0. The van der Waals surface area contributed by atoms with Crippen molar-refractivity contribution in [1.29, 1.82) is 0 Å². The molecule has 3 atom stereocenters. The number of carbonyl (C=O) groups excluding carboxylic acids is 3. The van der Waals surface area contributed by atoms with Gasteiger partial charge in [0, 0.05) is 56.6 Å². The number of unbranched alkanes of at least 4 members (excludes halogenated alkanes) is 3. The number of phenols is 1. The number of phenolic OH excluding ortho intramolecular Hbond substituents is 1. The third kappa shape index (κ3) is 7.15. The van der Waals surface area contributed by atoms with E-state index < -0.39 is 11.9 Å². The number of pyridine rings is 1. The number of piperazine rings is 1. The molecule has 2 amide bonds. The normalized spacial score (nSPS) is 19.7. The third-order valence-electron chi connectivity index (χ3n) is 10.8. The average Bonchev–Trinajstić information content (AvgIpc) is 3.96. The van der Waals surface area contributed by atoms with Crippen molar-refractivity contribution >= 4 is 34.4 Å². The third-order valence-corrected chi connectivity index (χ3v) is 10.8. The Morgan fingerprint density at radius 3 is 2.52 bits per heavy atom. The Morgan fingerprint density at radius 1 is 0.889 bits per heavy atom. The van der Waals surface area contributed by atoms with Gasteiger partial charge in [-0.25, -0.2) is 14.5 Å². The SMILES string of the molecule is O=C1CCC(n2c(=O)n(CCCCCCc3cn(Cc4cccc(N5C[C@H]6C[C@@H]5CN6/C=C/C(=O)c5ccccc5O)n4)nn3)c3ccccc32)C(=O)N1. The van der Waals surface area contributed by atoms with E-state index in [9.17, 15) is 24.3 Å². The van der Waals surface area contributed by atoms with Crippen LogP contribution in [0.2, 0.25) is 0 Å². The topological polar surface area (TPSA) is 160 Å². The van der Waals surface area contributed by atoms with Crippen molar-refractivity contribution in [2.24, 2.45) is 0 Å². The minimum absolute atomic E-state index is 0.00839. The van der Waals surface area contributed by atoms with Gasteiger partial charge in [-0.3, -0.25) is 28.8 Å². The second kappa shape index (κ2) is 15.1. The minimum Gasteiger partial charge on any atom is -0.507 e. The van der Waals surface area contributed by atoms with Gasteiger partial charge in [0.2, 0.25) is 11.8 Å². The van der Waals surface area contributed by atoms with Crippen LogP contribution in [0.25, 0.3) is 11.0 Å². The summed E-state index contributed by atoms with van der Waals surface area (Å²) in [5.74, 6) is 0.00107. The first-order chi connectivity index (χ1) is 26.3. The minimum atomic E-state index is -0.687. The highest BCUT2D eigenvalue weighted by Gasteiger charge is 2.42. The number of rotatable bonds is 14. The maximum absolute atomic E-state index is 13.5. The number of aromatic nitrogens is 6. The fourth-order valence-electron chi connectivity index (χ4n) is 8.12. The first-order valence-corrected chi connectivity index (χ1v) is 18.7. The predicted octanol–water partition coefficient (Wildman–Crippen LogP) is 3.98. The molecule has 0 radical (unpaired) electrons. The smallest absolute Gasteiger partial charge is 0.329 e. The van der Waals surface area contributed by atoms with E-state index in [-0.39, 0.29) is 29.6 Å². The van der Waals surface area contributed by atoms with Gasteiger partial charge in [-0.05, 0) is 68.5 Å². The number of hydrogen-bond donors (Lipinski definition) is 2. The van der Waals surface area contributed by atoms with Crippen molar-refractivity contribution in [3.05, 3.63) is 113 Å². The van der Waals surface area contributed by atoms with Crippen LogP contribution in [0.15, 0.2) is 90.0 Å². The lowest BCUT2D eigenvalue weighted by atomic mass is 10.1. The molecule has 2 bridgehead atoms. The van der Waals surface area contributed by atoms with Crippen molar-refractivity contribution in [3.63, 3.8) is 0 Å². The Morgan fingerprint density at radius 2 is 1.70 bits per heavy atom. The molecule has 8 rings (SSSR count). The summed E-state index contributed by atoms with van der Waals surface area (Å²) in [6, 6.07) is 20.1. The Labute approximate surface area is 311 Å². The number of fused-ring (bicyclic) bond motifs is 3. The molecule has 3 aliphatic heterocycles. The number of para-hydroxylation sites is 3. The van der Waals surface area contributed by atoms with Crippen LogP contribution < -0.4 is 15.9 Å². The molecule has 54 heavy (non-hydrogen) atoms. The largest absolute Gasteiger partial charge is 0.507 e. The molecule has 0 spiro atoms. The fraction of sp³-hybridized carbons (Fsp3) is 0.375. The van der Waals surface area contributed by atoms with Gasteiger partial charge < -0.3 is 14.9 Å². The van der Waals surface area contributed by atoms with Crippen molar-refractivity contribution in [2.75, 3.05) is 18.0 Å². The molecule has 2 N–H and O–H groups in total. The number of aromatic hydroxyl groups is 1. The number of amides is 2. The van der Waals surface area contributed by atoms with E-state index in [1.807, 2.05) is 59.5 Å². The second-order valence-electron chi connectivity index (χ2n) is 14.4. The molecule has 14 heteroatoms. The highest BCUT2D eigenvalue weighted by Crippen LogP contribution is 2.34. The lowest BCUT2D eigenvalue weighted by Crippen LogP contribution is -2.44. The highest BCUT2D eigenvalue weighted by atomic mass is 16.3. The summed E-state index contributed by atoms with van der Waals surface area (Å²) < 4.78 is 5.12. The molecule has 14 nitrogen and oxygen atoms in total. The Kier molecular flexibility index (Phi) is 9.81. The molecule has 3 aromatic heterocycles. The first-order valence-electron chi connectivity index (χ1n) is 18.7. The van der Waals surface area contributed by atoms with Gasteiger partial charge in [-0.1, -0.05) is 48.4 Å². The zero-order valence-corrected chi connectivity index (χ0v) is 30.0. The zero-order valence-electron chi connectivity index (χ0n) is 30.0. The highest BCUT2D eigenvalue weighted by molar-refractivity contribution is 6.06. The van der Waals surface area contributed by atoms with Gasteiger partial charge in [0.25, 0.3) is 0 Å². The summed E-state index contributed by atoms with van der Waals surface area (Å²) in [4.78, 5) is 59.9. The summed E-state index contributed by atoms with van der Waals surface area (Å²) in [5, 5.41) is 21.1. The molecular weight excluding hydrogens is 686 g/mol. The molecule has 0 aliphatic carbocycles. The summed E-state index contributed by atoms with van der Waals surface area (Å²) in [6.45, 7) is 2.71. The predicted molar refractivity (Wildman–Crippen MR) is 201 cm³/mol. The number of anilines is 1. The van der Waals surface area contributed by atoms with Gasteiger partial charge in [0.05, 0.1) is 34.5 Å². The number of aryl methyl sites for hydroxylation is 2. The Bertz CT molecular complexity index is 2290. The summed E-state index contributed by atoms with van der Waals surface area (Å²) >= 11 is 0. The van der Waals surface area contributed by atoms with Crippen LogP contribution in [0, 0.1) is 0 Å². The zero-order chi connectivity index (χ0) is 37.2. The van der Waals surface area contributed by atoms with Crippen molar-refractivity contribution < 1.29 is 19.5 Å². The molecule has 3 fully saturated rings. The van der Waals surface area contributed by atoms with Crippen LogP contribution in [-0.2, 0) is 29.1 Å². The maximum Gasteiger partial charge on any atom is 0.329 e. The van der Waals surface area contributed by atoms with Crippen LogP contribution in [-0.4, -0.2) is 81.9 Å². The molecule has 1 unspecified atom stereocenters. The van der Waals surface area contributed by atoms with E-state index in [4.69, 9.17) is 4.98 Å². The average molecular weight is 730 g/mol. The van der Waals surface area contributed by atoms with Crippen molar-refractivity contribution in [2.45, 2.75) is 82.6 Å². The van der Waals surface area contributed by atoms with Gasteiger partial charge in [-0.2, -0.15) is 0 Å². The number of ketones is 1. The monoisotopic (exact) mass is 729 g/mol. The van der Waals surface area contributed by atoms with Crippen molar-refractivity contribution in [3.8, 4) is 5.75 Å². The summed E-state index contributed by atoms with van der Waals surface area (Å²) in [5.41, 5.74) is 3.44. The van der Waals surface area contributed by atoms with E-state index in [1.54, 1.807) is 33.4 Å². The maximum atomic E-state index is 13.5. The van der Waals surface area contributed by atoms with Gasteiger partial charge >= 0.3 is 5.69 Å². The number of carbonyl (C=O) groups is 3. The van der Waals surface area contributed by atoms with Crippen LogP contribution in [0.1, 0.15) is 72.7 Å². The van der Waals surface area contributed by atoms with Gasteiger partial charge in [0.1, 0.15) is 17.6 Å². The van der Waals surface area contributed by atoms with Gasteiger partial charge in [-0.15, -0.1) is 5.10 Å². The number of piperidine rings is 1. The van der Waals surface area contributed by atoms with Gasteiger partial charge in [0.15, 0.2) is 5.78 Å². The number of imide groups is 1. The number of likely N-dealkylation sites (tertiary alicyclic amines) is 1. The van der Waals surface area contributed by atoms with Crippen molar-refractivity contribution in [1.82, 2.24) is 39.3 Å². The Balaban J connectivity index is 0.797. The molecule has 3 saturated heterocycles. The molecule has 278 valence electrons. The summed E-state index contributed by atoms with van der Waals surface area (Å²) in [7, 11) is 0. The van der Waals surface area contributed by atoms with Crippen LogP contribution in [0.4, 0.5) is 5.82 Å². The quantitative estimate of drug-likeness (QED) is 0.0741. The lowest BCUT2D eigenvalue weighted by molar-refractivity contribution is -0.135. The van der Waals surface area contributed by atoms with Crippen LogP contribution in [0.5, 0.6) is 5.75 Å². The van der Waals surface area contributed by atoms with Crippen LogP contribution >= 0.6 is 0 Å². The second-order valence-corrected chi connectivity index (χ2v) is 14.4. The molecule has 2 aromatic carbocycles. The van der Waals surface area contributed by atoms with E-state index in [0.717, 1.165) is 74.3 Å². The number of nitrogens with one attached hydrogen (secondary N) is 1. The molecule has 5 aromatic rings. The molecule has 0 saturated carbocycles. The van der Waals surface area contributed by atoms with E-state index in [1.165, 1.54) is 6.07 Å². The standard InChI is InChI=1S/C40H43N9O5/c50-35-15-7-4-12-31(35)36(51)19-21-45-25-30-22-29(45)26-48(30)37-16-9-11-27(41-37)23-46-24-28(43-44-46)10-3-1-2-8-20-47-32-13-5-6-14-33(32)49(40(47)54)34-17-18-38(52)42-39(34)53/h4-7,9,11-16,19,21,24,29-30,34,50H,1-3,8,10,17-18,20,22-23,25-26H2,(H,42,52,53)/b21-19+/t29-,30-,34?/m1/s1. The number of hydrogen-bond acceptors (Lipinski definition) is 10. The summed E-state index contributed by atoms with van der Waals surface area (Å²) in [6.07, 6.45) is 11.4. The van der Waals surface area contributed by atoms with E-state index >= 15 is 0 Å². The molecular formula is C40H43N9O5. The lowest BCUT2D eigenvalue weighted by Gasteiger charge is -2.34. The molecule has 6 heterocycles. The van der Waals surface area contributed by atoms with E-state index in [0.29, 0.717) is 42.7 Å². The number of nitrogens with zero attached hydrogens (tertiary/aromatic N) is 8. The fourth-order valence-corrected chi connectivity index (χ4v) is 8.12. The number of imidazole rings is 1. The number of allylic oxidation sites excluding steroid dienone is 1.